The molecule has 1 saturated heterocycles. The van der Waals surface area contributed by atoms with Gasteiger partial charge in [-0.3, -0.25) is 0 Å². The molecule has 1 aliphatic heterocycles. The van der Waals surface area contributed by atoms with E-state index in [1.807, 2.05) is 13.2 Å². The number of carbonyl (C=O) groups excluding carboxylic acids is 1. The number of carbonyl (C=O) groups is 2. The average Bonchev–Trinajstić information content (AvgIpc) is 2.69. The van der Waals surface area contributed by atoms with Gasteiger partial charge in [0, 0.05) is 19.5 Å². The highest BCUT2D eigenvalue weighted by molar-refractivity contribution is 7.98. The fourth-order valence-electron chi connectivity index (χ4n) is 1.98. The summed E-state index contributed by atoms with van der Waals surface area (Å²) in [6.07, 6.45) is 1.35. The van der Waals surface area contributed by atoms with Crippen molar-refractivity contribution in [2.45, 2.75) is 25.5 Å². The topological polar surface area (TPSA) is 89.9 Å². The Morgan fingerprint density at radius 3 is 2.78 bits per heavy atom. The van der Waals surface area contributed by atoms with Crippen molar-refractivity contribution in [2.75, 3.05) is 25.1 Å². The molecule has 18 heavy (non-hydrogen) atoms. The molecule has 0 aromatic heterocycles. The zero-order valence-corrected chi connectivity index (χ0v) is 11.4. The maximum atomic E-state index is 11.8. The number of urea groups is 1. The Hall–Kier alpha value is -0.950. The summed E-state index contributed by atoms with van der Waals surface area (Å²) in [5, 5.41) is 21.1. The van der Waals surface area contributed by atoms with Gasteiger partial charge in [0.15, 0.2) is 0 Å². The fourth-order valence-corrected chi connectivity index (χ4v) is 2.67. The van der Waals surface area contributed by atoms with E-state index >= 15 is 0 Å². The third-order valence-corrected chi connectivity index (χ3v) is 3.78. The second kappa shape index (κ2) is 6.84. The Balaban J connectivity index is 2.47. The number of nitrogens with zero attached hydrogens (tertiary/aromatic N) is 1. The van der Waals surface area contributed by atoms with Crippen LogP contribution in [0.2, 0.25) is 0 Å². The lowest BCUT2D eigenvalue weighted by Gasteiger charge is -2.22. The maximum absolute atomic E-state index is 11.8. The summed E-state index contributed by atoms with van der Waals surface area (Å²) in [4.78, 5) is 24.0. The zero-order chi connectivity index (χ0) is 13.7. The van der Waals surface area contributed by atoms with Gasteiger partial charge in [-0.1, -0.05) is 6.92 Å². The summed E-state index contributed by atoms with van der Waals surface area (Å²) in [6, 6.07) is -1.33. The molecule has 2 amide bonds. The molecule has 104 valence electrons. The summed E-state index contributed by atoms with van der Waals surface area (Å²) in [5.74, 6) is 0.198. The van der Waals surface area contributed by atoms with Crippen LogP contribution >= 0.6 is 11.8 Å². The zero-order valence-electron chi connectivity index (χ0n) is 10.6. The van der Waals surface area contributed by atoms with Crippen molar-refractivity contribution in [1.82, 2.24) is 10.2 Å². The van der Waals surface area contributed by atoms with Crippen LogP contribution in [0.4, 0.5) is 4.79 Å². The lowest BCUT2D eigenvalue weighted by atomic mass is 10.2. The first-order chi connectivity index (χ1) is 8.45. The van der Waals surface area contributed by atoms with Crippen molar-refractivity contribution < 1.29 is 19.8 Å². The quantitative estimate of drug-likeness (QED) is 0.668. The predicted octanol–water partition coefficient (Wildman–Crippen LogP) is 0.215. The van der Waals surface area contributed by atoms with Crippen molar-refractivity contribution in [3.63, 3.8) is 0 Å². The molecule has 1 fully saturated rings. The van der Waals surface area contributed by atoms with Gasteiger partial charge in [0.05, 0.1) is 6.10 Å². The number of aliphatic carboxylic acids is 1. The third kappa shape index (κ3) is 4.06. The van der Waals surface area contributed by atoms with Gasteiger partial charge in [0.25, 0.3) is 0 Å². The lowest BCUT2D eigenvalue weighted by Crippen LogP contribution is -2.47. The number of aliphatic hydroxyl groups is 1. The molecule has 0 bridgehead atoms. The molecule has 0 aromatic carbocycles. The number of β-amino-alcohol motifs (C(OH)–C–C–N with tert-alkyl or cyclic N) is 1. The number of rotatable bonds is 5. The number of aliphatic hydroxyl groups excluding tert-OH is 1. The monoisotopic (exact) mass is 276 g/mol. The number of carboxylic acids is 1. The van der Waals surface area contributed by atoms with Crippen LogP contribution in [0.5, 0.6) is 0 Å². The van der Waals surface area contributed by atoms with Crippen LogP contribution in [0.3, 0.4) is 0 Å². The van der Waals surface area contributed by atoms with E-state index in [1.165, 1.54) is 4.90 Å². The standard InChI is InChI=1S/C11H20N2O4S/c1-7(6-18-2)4-12-11(17)13-5-8(14)3-9(13)10(15)16/h7-9,14H,3-6H2,1-2H3,(H,12,17)(H,15,16)/t7?,8-,9+/m1/s1. The first-order valence-electron chi connectivity index (χ1n) is 5.90. The van der Waals surface area contributed by atoms with Gasteiger partial charge in [0.1, 0.15) is 6.04 Å². The molecule has 0 aromatic rings. The molecule has 3 N–H and O–H groups in total. The Morgan fingerprint density at radius 1 is 1.56 bits per heavy atom. The van der Waals surface area contributed by atoms with E-state index in [2.05, 4.69) is 5.32 Å². The smallest absolute Gasteiger partial charge is 0.326 e. The fraction of sp³-hybridized carbons (Fsp3) is 0.818. The van der Waals surface area contributed by atoms with Crippen LogP contribution in [0, 0.1) is 5.92 Å². The van der Waals surface area contributed by atoms with Crippen molar-refractivity contribution >= 4 is 23.8 Å². The minimum absolute atomic E-state index is 0.0830. The number of carboxylic acid groups (broad SMARTS) is 1. The van der Waals surface area contributed by atoms with Crippen molar-refractivity contribution in [2.24, 2.45) is 5.92 Å². The normalized spacial score (nSPS) is 24.9. The molecule has 3 atom stereocenters. The van der Waals surface area contributed by atoms with Crippen LogP contribution in [0.15, 0.2) is 0 Å². The summed E-state index contributed by atoms with van der Waals surface area (Å²) in [7, 11) is 0. The van der Waals surface area contributed by atoms with Gasteiger partial charge in [0.2, 0.25) is 0 Å². The van der Waals surface area contributed by atoms with E-state index in [4.69, 9.17) is 5.11 Å². The van der Waals surface area contributed by atoms with Crippen LogP contribution < -0.4 is 5.32 Å². The molecule has 1 rings (SSSR count). The van der Waals surface area contributed by atoms with Gasteiger partial charge in [-0.2, -0.15) is 11.8 Å². The van der Waals surface area contributed by atoms with Crippen molar-refractivity contribution in [3.05, 3.63) is 0 Å². The third-order valence-electron chi connectivity index (χ3n) is 2.88. The Labute approximate surface area is 111 Å². The molecule has 6 nitrogen and oxygen atoms in total. The maximum Gasteiger partial charge on any atom is 0.326 e. The molecule has 7 heteroatoms. The van der Waals surface area contributed by atoms with Crippen LogP contribution in [-0.4, -0.2) is 64.4 Å². The lowest BCUT2D eigenvalue weighted by molar-refractivity contribution is -0.141. The Morgan fingerprint density at radius 2 is 2.22 bits per heavy atom. The Bertz CT molecular complexity index is 313. The molecule has 0 radical (unpaired) electrons. The first kappa shape index (κ1) is 15.1. The van der Waals surface area contributed by atoms with Gasteiger partial charge in [-0.15, -0.1) is 0 Å². The van der Waals surface area contributed by atoms with E-state index in [0.717, 1.165) is 5.75 Å². The first-order valence-corrected chi connectivity index (χ1v) is 7.29. The summed E-state index contributed by atoms with van der Waals surface area (Å²) in [5.41, 5.74) is 0. The number of likely N-dealkylation sites (tertiary alicyclic amines) is 1. The molecular formula is C11H20N2O4S. The number of nitrogens with one attached hydrogen (secondary N) is 1. The minimum atomic E-state index is -1.07. The van der Waals surface area contributed by atoms with Gasteiger partial charge in [-0.25, -0.2) is 9.59 Å². The van der Waals surface area contributed by atoms with Gasteiger partial charge in [-0.05, 0) is 17.9 Å². The molecule has 0 saturated carbocycles. The summed E-state index contributed by atoms with van der Waals surface area (Å²) < 4.78 is 0. The van der Waals surface area contributed by atoms with E-state index in [-0.39, 0.29) is 13.0 Å². The predicted molar refractivity (Wildman–Crippen MR) is 69.7 cm³/mol. The van der Waals surface area contributed by atoms with Crippen molar-refractivity contribution in [1.29, 1.82) is 0 Å². The molecule has 1 unspecified atom stereocenters. The molecule has 0 aliphatic carbocycles. The van der Waals surface area contributed by atoms with E-state index in [0.29, 0.717) is 12.5 Å². The van der Waals surface area contributed by atoms with Crippen molar-refractivity contribution in [3.8, 4) is 0 Å². The SMILES string of the molecule is CSCC(C)CNC(=O)N1C[C@H](O)C[C@H]1C(=O)O. The van der Waals surface area contributed by atoms with Crippen LogP contribution in [-0.2, 0) is 4.79 Å². The highest BCUT2D eigenvalue weighted by Crippen LogP contribution is 2.18. The summed E-state index contributed by atoms with van der Waals surface area (Å²) in [6.45, 7) is 2.61. The average molecular weight is 276 g/mol. The second-order valence-electron chi connectivity index (χ2n) is 4.64. The molecule has 0 spiro atoms. The largest absolute Gasteiger partial charge is 0.480 e. The van der Waals surface area contributed by atoms with Crippen LogP contribution in [0.25, 0.3) is 0 Å². The Kier molecular flexibility index (Phi) is 5.74. The highest BCUT2D eigenvalue weighted by atomic mass is 32.2. The molecule has 1 heterocycles. The van der Waals surface area contributed by atoms with Gasteiger partial charge < -0.3 is 20.4 Å². The highest BCUT2D eigenvalue weighted by Gasteiger charge is 2.38. The minimum Gasteiger partial charge on any atom is -0.480 e. The molecule has 1 aliphatic rings. The van der Waals surface area contributed by atoms with Gasteiger partial charge >= 0.3 is 12.0 Å². The number of hydrogen-bond acceptors (Lipinski definition) is 4. The second-order valence-corrected chi connectivity index (χ2v) is 5.55. The van der Waals surface area contributed by atoms with E-state index in [1.54, 1.807) is 11.8 Å². The number of hydrogen-bond donors (Lipinski definition) is 3. The summed E-state index contributed by atoms with van der Waals surface area (Å²) >= 11 is 1.70. The number of amides is 2. The molecular weight excluding hydrogens is 256 g/mol. The van der Waals surface area contributed by atoms with E-state index in [9.17, 15) is 14.7 Å². The number of thioether (sulfide) groups is 1. The van der Waals surface area contributed by atoms with E-state index < -0.39 is 24.1 Å². The van der Waals surface area contributed by atoms with Crippen LogP contribution in [0.1, 0.15) is 13.3 Å².